The molecule has 1 aromatic carbocycles. The molecular formula is C36H40O10. The molecule has 3 heterocycles. The Kier molecular flexibility index (Phi) is 7.09. The summed E-state index contributed by atoms with van der Waals surface area (Å²) in [4.78, 5) is 27.3. The molecule has 6 aliphatic rings. The van der Waals surface area contributed by atoms with Crippen molar-refractivity contribution in [1.82, 2.24) is 0 Å². The van der Waals surface area contributed by atoms with Gasteiger partial charge in [-0.15, -0.1) is 0 Å². The van der Waals surface area contributed by atoms with Crippen LogP contribution in [-0.2, 0) is 39.2 Å². The van der Waals surface area contributed by atoms with E-state index in [4.69, 9.17) is 23.7 Å². The van der Waals surface area contributed by atoms with Crippen molar-refractivity contribution in [3.05, 3.63) is 96.2 Å². The van der Waals surface area contributed by atoms with Crippen LogP contribution in [0.2, 0.25) is 0 Å². The summed E-state index contributed by atoms with van der Waals surface area (Å²) in [6, 6.07) is 9.00. The van der Waals surface area contributed by atoms with Gasteiger partial charge >= 0.3 is 11.9 Å². The van der Waals surface area contributed by atoms with Crippen LogP contribution >= 0.6 is 0 Å². The summed E-state index contributed by atoms with van der Waals surface area (Å²) >= 11 is 0. The van der Waals surface area contributed by atoms with E-state index >= 15 is 0 Å². The van der Waals surface area contributed by atoms with Crippen LogP contribution in [0.15, 0.2) is 90.6 Å². The lowest BCUT2D eigenvalue weighted by molar-refractivity contribution is -0.440. The van der Waals surface area contributed by atoms with Gasteiger partial charge < -0.3 is 39.0 Å². The fourth-order valence-electron chi connectivity index (χ4n) is 8.95. The summed E-state index contributed by atoms with van der Waals surface area (Å²) in [7, 11) is 0. The lowest BCUT2D eigenvalue weighted by Gasteiger charge is -2.61. The van der Waals surface area contributed by atoms with E-state index in [0.29, 0.717) is 11.1 Å². The summed E-state index contributed by atoms with van der Waals surface area (Å²) in [5, 5.41) is 34.8. The molecule has 7 rings (SSSR count). The van der Waals surface area contributed by atoms with Gasteiger partial charge in [0, 0.05) is 29.4 Å². The topological polar surface area (TPSA) is 144 Å². The number of hydrogen-bond acceptors (Lipinski definition) is 10. The highest BCUT2D eigenvalue weighted by Crippen LogP contribution is 2.74. The number of rotatable bonds is 8. The lowest BCUT2D eigenvalue weighted by Crippen LogP contribution is -2.76. The van der Waals surface area contributed by atoms with E-state index < -0.39 is 88.9 Å². The highest BCUT2D eigenvalue weighted by molar-refractivity contribution is 6.05. The standard InChI is InChI=1S/C36H40O10/c1-6-7-8-9-10-14-17-25(38)42-28-22(5)35-24-18-21(4)27(39)33(24,41)31(40)32(19-37)29(43-32)26(35)30-34(28,20(2)3)45-36(44-30,46-35)23-15-12-11-13-16-23/h7-18,22,24,26,28-31,37,40-41H,2,6,19H2,1,3-5H3. The van der Waals surface area contributed by atoms with Crippen LogP contribution in [0, 0.1) is 17.8 Å². The zero-order valence-electron chi connectivity index (χ0n) is 26.3. The molecule has 46 heavy (non-hydrogen) atoms. The third-order valence-electron chi connectivity index (χ3n) is 11.1. The summed E-state index contributed by atoms with van der Waals surface area (Å²) in [5.41, 5.74) is -5.89. The van der Waals surface area contributed by atoms with Crippen LogP contribution in [0.4, 0.5) is 0 Å². The highest BCUT2D eigenvalue weighted by atomic mass is 16.9. The molecule has 0 spiro atoms. The van der Waals surface area contributed by atoms with Gasteiger partial charge in [-0.05, 0) is 31.4 Å². The van der Waals surface area contributed by atoms with Crippen LogP contribution in [0.25, 0.3) is 0 Å². The second kappa shape index (κ2) is 10.4. The van der Waals surface area contributed by atoms with Gasteiger partial charge in [0.1, 0.15) is 30.0 Å². The van der Waals surface area contributed by atoms with Crippen molar-refractivity contribution in [3.63, 3.8) is 0 Å². The molecule has 3 aliphatic carbocycles. The normalized spacial score (nSPS) is 46.7. The molecule has 10 nitrogen and oxygen atoms in total. The number of epoxide rings is 1. The number of carbonyl (C=O) groups excluding carboxylic acids is 2. The monoisotopic (exact) mass is 632 g/mol. The zero-order chi connectivity index (χ0) is 32.9. The maximum atomic E-state index is 13.8. The van der Waals surface area contributed by atoms with E-state index in [0.717, 1.165) is 6.42 Å². The van der Waals surface area contributed by atoms with E-state index in [1.807, 2.05) is 32.1 Å². The van der Waals surface area contributed by atoms with Gasteiger partial charge in [-0.3, -0.25) is 4.79 Å². The van der Waals surface area contributed by atoms with Crippen molar-refractivity contribution >= 4 is 11.8 Å². The molecule has 0 aromatic heterocycles. The molecule has 1 aromatic rings. The predicted molar refractivity (Wildman–Crippen MR) is 164 cm³/mol. The van der Waals surface area contributed by atoms with E-state index in [-0.39, 0.29) is 5.57 Å². The van der Waals surface area contributed by atoms with Gasteiger partial charge in [0.25, 0.3) is 0 Å². The molecule has 2 saturated carbocycles. The number of allylic oxidation sites excluding steroid dienone is 5. The number of fused-ring (bicyclic) bond motifs is 3. The van der Waals surface area contributed by atoms with Crippen molar-refractivity contribution in [2.75, 3.05) is 6.61 Å². The molecule has 12 atom stereocenters. The van der Waals surface area contributed by atoms with Gasteiger partial charge in [0.2, 0.25) is 0 Å². The zero-order valence-corrected chi connectivity index (χ0v) is 26.3. The summed E-state index contributed by atoms with van der Waals surface area (Å²) in [6.07, 6.45) is 8.04. The lowest BCUT2D eigenvalue weighted by atomic mass is 9.53. The van der Waals surface area contributed by atoms with E-state index in [9.17, 15) is 24.9 Å². The number of carbonyl (C=O) groups is 2. The number of aliphatic hydroxyl groups is 3. The van der Waals surface area contributed by atoms with Crippen molar-refractivity contribution in [3.8, 4) is 0 Å². The van der Waals surface area contributed by atoms with Gasteiger partial charge in [0.05, 0.1) is 12.2 Å². The van der Waals surface area contributed by atoms with Crippen LogP contribution < -0.4 is 0 Å². The molecule has 5 fully saturated rings. The third kappa shape index (κ3) is 3.72. The fraction of sp³-hybridized carbons (Fsp3) is 0.500. The van der Waals surface area contributed by atoms with Gasteiger partial charge in [-0.1, -0.05) is 87.2 Å². The third-order valence-corrected chi connectivity index (χ3v) is 11.1. The minimum atomic E-state index is -2.42. The number of benzene rings is 1. The average Bonchev–Trinajstić information content (AvgIpc) is 3.67. The molecular weight excluding hydrogens is 592 g/mol. The fourth-order valence-corrected chi connectivity index (χ4v) is 8.95. The smallest absolute Gasteiger partial charge is 0.331 e. The van der Waals surface area contributed by atoms with Crippen LogP contribution in [0.1, 0.15) is 39.7 Å². The minimum Gasteiger partial charge on any atom is -0.455 e. The Hall–Kier alpha value is -3.22. The van der Waals surface area contributed by atoms with Gasteiger partial charge in [-0.25, -0.2) is 4.79 Å². The number of ketones is 1. The van der Waals surface area contributed by atoms with Crippen LogP contribution in [0.3, 0.4) is 0 Å². The molecule has 10 heteroatoms. The first-order valence-corrected chi connectivity index (χ1v) is 15.8. The second-order valence-corrected chi connectivity index (χ2v) is 13.4. The Bertz CT molecular complexity index is 1600. The van der Waals surface area contributed by atoms with E-state index in [1.54, 1.807) is 62.4 Å². The summed E-state index contributed by atoms with van der Waals surface area (Å²) in [6.45, 7) is 10.8. The maximum Gasteiger partial charge on any atom is 0.331 e. The van der Waals surface area contributed by atoms with E-state index in [2.05, 4.69) is 6.58 Å². The number of Topliss-reactive ketones (excluding diaryl/α,β-unsaturated/α-hetero) is 1. The molecule has 3 saturated heterocycles. The Labute approximate surface area is 267 Å². The van der Waals surface area contributed by atoms with Crippen molar-refractivity contribution in [1.29, 1.82) is 0 Å². The first kappa shape index (κ1) is 31.4. The second-order valence-electron chi connectivity index (χ2n) is 13.4. The first-order chi connectivity index (χ1) is 21.9. The molecule has 244 valence electrons. The minimum absolute atomic E-state index is 0.230. The van der Waals surface area contributed by atoms with Crippen molar-refractivity contribution in [2.45, 2.75) is 86.9 Å². The molecule has 0 radical (unpaired) electrons. The molecule has 3 N–H and O–H groups in total. The molecule has 3 aliphatic heterocycles. The molecule has 12 unspecified atom stereocenters. The number of aliphatic hydroxyl groups excluding tert-OH is 2. The Morgan fingerprint density at radius 1 is 1.09 bits per heavy atom. The largest absolute Gasteiger partial charge is 0.455 e. The Morgan fingerprint density at radius 3 is 2.48 bits per heavy atom. The van der Waals surface area contributed by atoms with Crippen molar-refractivity contribution in [2.24, 2.45) is 17.8 Å². The maximum absolute atomic E-state index is 13.8. The number of esters is 1. The number of hydrogen-bond donors (Lipinski definition) is 3. The molecule has 0 amide bonds. The Morgan fingerprint density at radius 2 is 1.80 bits per heavy atom. The van der Waals surface area contributed by atoms with Crippen LogP contribution in [0.5, 0.6) is 0 Å². The SMILES string of the molecule is C=C(C)C12OC3(c4ccccc4)OC1C1C4OC4(CO)C(O)C4(O)C(=O)C(C)=CC4C1(O3)C(C)C2OC(=O)C=CC=CC=CCC. The highest BCUT2D eigenvalue weighted by Gasteiger charge is 2.90. The van der Waals surface area contributed by atoms with E-state index in [1.165, 1.54) is 6.08 Å². The predicted octanol–water partition coefficient (Wildman–Crippen LogP) is 2.93. The quantitative estimate of drug-likeness (QED) is 0.129. The molecule has 3 bridgehead atoms. The first-order valence-electron chi connectivity index (χ1n) is 15.8. The summed E-state index contributed by atoms with van der Waals surface area (Å²) in [5.74, 6) is -5.93. The number of ether oxygens (including phenoxy) is 5. The van der Waals surface area contributed by atoms with Gasteiger partial charge in [0.15, 0.2) is 17.0 Å². The average molecular weight is 633 g/mol. The summed E-state index contributed by atoms with van der Waals surface area (Å²) < 4.78 is 33.2. The van der Waals surface area contributed by atoms with Gasteiger partial charge in [-0.2, -0.15) is 0 Å². The Balaban J connectivity index is 1.43. The van der Waals surface area contributed by atoms with Crippen LogP contribution in [-0.4, -0.2) is 80.5 Å². The van der Waals surface area contributed by atoms with Crippen molar-refractivity contribution < 1.29 is 48.6 Å².